The van der Waals surface area contributed by atoms with E-state index in [9.17, 15) is 4.79 Å². The highest BCUT2D eigenvalue weighted by Gasteiger charge is 2.36. The zero-order chi connectivity index (χ0) is 29.1. The second-order valence-corrected chi connectivity index (χ2v) is 10.5. The first-order valence-corrected chi connectivity index (χ1v) is 14.0. The minimum atomic E-state index is -0.375. The van der Waals surface area contributed by atoms with Gasteiger partial charge in [-0.3, -0.25) is 4.79 Å². The lowest BCUT2D eigenvalue weighted by Crippen LogP contribution is -2.27. The number of ketones is 1. The van der Waals surface area contributed by atoms with Crippen LogP contribution in [0.15, 0.2) is 102 Å². The van der Waals surface area contributed by atoms with E-state index in [1.54, 1.807) is 21.3 Å². The van der Waals surface area contributed by atoms with Gasteiger partial charge in [-0.15, -0.1) is 0 Å². The van der Waals surface area contributed by atoms with Crippen LogP contribution in [0.3, 0.4) is 0 Å². The third-order valence-corrected chi connectivity index (χ3v) is 7.95. The molecule has 1 heterocycles. The fourth-order valence-electron chi connectivity index (χ4n) is 5.81. The van der Waals surface area contributed by atoms with Gasteiger partial charge in [-0.2, -0.15) is 0 Å². The van der Waals surface area contributed by atoms with Gasteiger partial charge < -0.3 is 29.6 Å². The molecule has 0 aromatic heterocycles. The highest BCUT2D eigenvalue weighted by Crippen LogP contribution is 2.46. The summed E-state index contributed by atoms with van der Waals surface area (Å²) >= 11 is 0. The smallest absolute Gasteiger partial charge is 0.163 e. The summed E-state index contributed by atoms with van der Waals surface area (Å²) in [6, 6.07) is 29.5. The van der Waals surface area contributed by atoms with Crippen molar-refractivity contribution in [1.82, 2.24) is 0 Å². The number of carbonyl (C=O) groups is 1. The maximum atomic E-state index is 14.0. The van der Waals surface area contributed by atoms with Crippen molar-refractivity contribution >= 4 is 17.2 Å². The Morgan fingerprint density at radius 1 is 0.690 bits per heavy atom. The van der Waals surface area contributed by atoms with Crippen LogP contribution >= 0.6 is 0 Å². The second-order valence-electron chi connectivity index (χ2n) is 10.5. The fraction of sp³-hybridized carbons (Fsp3) is 0.229. The summed E-state index contributed by atoms with van der Waals surface area (Å²) in [4.78, 5) is 14.0. The van der Waals surface area contributed by atoms with E-state index in [4.69, 9.17) is 18.9 Å². The molecule has 0 saturated heterocycles. The summed E-state index contributed by atoms with van der Waals surface area (Å²) in [5.41, 5.74) is 6.53. The van der Waals surface area contributed by atoms with Crippen molar-refractivity contribution in [2.45, 2.75) is 31.4 Å². The van der Waals surface area contributed by atoms with Gasteiger partial charge in [0.2, 0.25) is 0 Å². The van der Waals surface area contributed by atoms with Crippen molar-refractivity contribution in [3.63, 3.8) is 0 Å². The first kappa shape index (κ1) is 27.3. The first-order chi connectivity index (χ1) is 20.6. The van der Waals surface area contributed by atoms with Gasteiger partial charge in [-0.05, 0) is 65.4 Å². The second kappa shape index (κ2) is 11.9. The van der Waals surface area contributed by atoms with Crippen LogP contribution in [0, 0.1) is 0 Å². The zero-order valence-electron chi connectivity index (χ0n) is 24.0. The van der Waals surface area contributed by atoms with Gasteiger partial charge in [0.25, 0.3) is 0 Å². The molecule has 0 amide bonds. The number of hydrogen-bond donors (Lipinski definition) is 2. The molecule has 2 N–H and O–H groups in total. The van der Waals surface area contributed by atoms with E-state index in [-0.39, 0.29) is 17.7 Å². The number of hydrogen-bond acceptors (Lipinski definition) is 7. The van der Waals surface area contributed by atoms with Crippen molar-refractivity contribution in [2.75, 3.05) is 32.0 Å². The van der Waals surface area contributed by atoms with Gasteiger partial charge in [0.05, 0.1) is 38.7 Å². The SMILES string of the molecule is COc1ccc([C@H]2CC(=O)C3=C(C2)Nc2ccccc2N[C@@H]3c2ccc(OC)c(OCc3ccccc3)c2)cc1OC. The molecule has 4 aromatic rings. The molecule has 42 heavy (non-hydrogen) atoms. The van der Waals surface area contributed by atoms with E-state index in [1.165, 1.54) is 0 Å². The molecule has 1 aliphatic carbocycles. The Labute approximate surface area is 246 Å². The average Bonchev–Trinajstić information content (AvgIpc) is 3.21. The normalized spacial score (nSPS) is 17.6. The van der Waals surface area contributed by atoms with Crippen LogP contribution in [0.2, 0.25) is 0 Å². The largest absolute Gasteiger partial charge is 0.493 e. The lowest BCUT2D eigenvalue weighted by atomic mass is 9.78. The number of anilines is 2. The molecule has 6 rings (SSSR count). The molecule has 2 atom stereocenters. The van der Waals surface area contributed by atoms with E-state index >= 15 is 0 Å². The van der Waals surface area contributed by atoms with Crippen LogP contribution < -0.4 is 29.6 Å². The van der Waals surface area contributed by atoms with Gasteiger partial charge in [0.1, 0.15) is 6.61 Å². The van der Waals surface area contributed by atoms with Crippen LogP contribution in [0.5, 0.6) is 23.0 Å². The quantitative estimate of drug-likeness (QED) is 0.234. The van der Waals surface area contributed by atoms with Crippen LogP contribution in [0.1, 0.15) is 41.5 Å². The molecule has 0 saturated carbocycles. The number of rotatable bonds is 8. The summed E-state index contributed by atoms with van der Waals surface area (Å²) in [7, 11) is 4.88. The standard InChI is InChI=1S/C35H34N2O5/c1-39-30-15-13-23(19-32(30)41-3)25-17-28-34(29(38)18-25)35(37-27-12-8-7-11-26(27)36-28)24-14-16-31(40-2)33(20-24)42-21-22-9-5-4-6-10-22/h4-16,19-20,25,35-37H,17-18,21H2,1-3H3/t25-,35-/m1/s1. The summed E-state index contributed by atoms with van der Waals surface area (Å²) in [5.74, 6) is 2.67. The Balaban J connectivity index is 1.38. The number of ether oxygens (including phenoxy) is 4. The number of benzene rings is 4. The van der Waals surface area contributed by atoms with Gasteiger partial charge in [-0.1, -0.05) is 54.6 Å². The van der Waals surface area contributed by atoms with Gasteiger partial charge >= 0.3 is 0 Å². The van der Waals surface area contributed by atoms with Gasteiger partial charge in [-0.25, -0.2) is 0 Å². The molecule has 214 valence electrons. The lowest BCUT2D eigenvalue weighted by molar-refractivity contribution is -0.116. The molecule has 0 unspecified atom stereocenters. The Morgan fingerprint density at radius 3 is 2.07 bits per heavy atom. The van der Waals surface area contributed by atoms with Crippen molar-refractivity contribution in [3.05, 3.63) is 119 Å². The van der Waals surface area contributed by atoms with E-state index in [0.29, 0.717) is 42.4 Å². The molecule has 4 aromatic carbocycles. The van der Waals surface area contributed by atoms with E-state index in [2.05, 4.69) is 10.6 Å². The molecular formula is C35H34N2O5. The number of carbonyl (C=O) groups excluding carboxylic acids is 1. The predicted molar refractivity (Wildman–Crippen MR) is 164 cm³/mol. The summed E-state index contributed by atoms with van der Waals surface area (Å²) in [5, 5.41) is 7.27. The Morgan fingerprint density at radius 2 is 1.33 bits per heavy atom. The number of methoxy groups -OCH3 is 3. The Kier molecular flexibility index (Phi) is 7.73. The zero-order valence-corrected chi connectivity index (χ0v) is 24.0. The monoisotopic (exact) mass is 562 g/mol. The van der Waals surface area contributed by atoms with Crippen LogP contribution in [-0.4, -0.2) is 27.1 Å². The Bertz CT molecular complexity index is 1630. The molecular weight excluding hydrogens is 528 g/mol. The van der Waals surface area contributed by atoms with Crippen molar-refractivity contribution < 1.29 is 23.7 Å². The molecule has 0 fully saturated rings. The Hall–Kier alpha value is -4.91. The van der Waals surface area contributed by atoms with E-state index in [0.717, 1.165) is 39.3 Å². The van der Waals surface area contributed by atoms with Gasteiger partial charge in [0, 0.05) is 17.7 Å². The summed E-state index contributed by atoms with van der Waals surface area (Å²) in [6.45, 7) is 0.406. The van der Waals surface area contributed by atoms with Crippen LogP contribution in [0.25, 0.3) is 0 Å². The predicted octanol–water partition coefficient (Wildman–Crippen LogP) is 7.27. The molecule has 7 heteroatoms. The number of para-hydroxylation sites is 2. The molecule has 7 nitrogen and oxygen atoms in total. The third kappa shape index (κ3) is 5.38. The molecule has 2 aliphatic rings. The van der Waals surface area contributed by atoms with E-state index in [1.807, 2.05) is 91.0 Å². The molecule has 1 aliphatic heterocycles. The third-order valence-electron chi connectivity index (χ3n) is 7.95. The highest BCUT2D eigenvalue weighted by atomic mass is 16.5. The number of fused-ring (bicyclic) bond motifs is 1. The number of nitrogens with one attached hydrogen (secondary N) is 2. The summed E-state index contributed by atoms with van der Waals surface area (Å²) < 4.78 is 22.8. The number of allylic oxidation sites excluding steroid dienone is 1. The van der Waals surface area contributed by atoms with Crippen molar-refractivity contribution in [2.24, 2.45) is 0 Å². The highest BCUT2D eigenvalue weighted by molar-refractivity contribution is 6.01. The molecule has 0 bridgehead atoms. The van der Waals surface area contributed by atoms with Crippen molar-refractivity contribution in [3.8, 4) is 23.0 Å². The maximum Gasteiger partial charge on any atom is 0.163 e. The molecule has 0 radical (unpaired) electrons. The van der Waals surface area contributed by atoms with E-state index < -0.39 is 0 Å². The van der Waals surface area contributed by atoms with Crippen LogP contribution in [-0.2, 0) is 11.4 Å². The summed E-state index contributed by atoms with van der Waals surface area (Å²) in [6.07, 6.45) is 1.06. The fourth-order valence-corrected chi connectivity index (χ4v) is 5.81. The van der Waals surface area contributed by atoms with Crippen molar-refractivity contribution in [1.29, 1.82) is 0 Å². The average molecular weight is 563 g/mol. The molecule has 0 spiro atoms. The maximum absolute atomic E-state index is 14.0. The minimum absolute atomic E-state index is 0.00453. The minimum Gasteiger partial charge on any atom is -0.493 e. The first-order valence-electron chi connectivity index (χ1n) is 14.0. The lowest BCUT2D eigenvalue weighted by Gasteiger charge is -2.30. The van der Waals surface area contributed by atoms with Gasteiger partial charge in [0.15, 0.2) is 28.8 Å². The number of Topliss-reactive ketones (excluding diaryl/α,β-unsaturated/α-hetero) is 1. The topological polar surface area (TPSA) is 78.1 Å². The van der Waals surface area contributed by atoms with Crippen LogP contribution in [0.4, 0.5) is 11.4 Å².